The number of rotatable bonds is 4. The van der Waals surface area contributed by atoms with Crippen molar-refractivity contribution in [1.29, 1.82) is 0 Å². The van der Waals surface area contributed by atoms with Crippen LogP contribution in [0.15, 0.2) is 42.5 Å². The van der Waals surface area contributed by atoms with Crippen LogP contribution >= 0.6 is 34.8 Å². The molecule has 0 fully saturated rings. The Morgan fingerprint density at radius 2 is 1.68 bits per heavy atom. The summed E-state index contributed by atoms with van der Waals surface area (Å²) in [6.45, 7) is 0. The van der Waals surface area contributed by atoms with E-state index in [1.807, 2.05) is 49.5 Å². The molecule has 0 spiro atoms. The van der Waals surface area contributed by atoms with E-state index in [1.54, 1.807) is 0 Å². The lowest BCUT2D eigenvalue weighted by Crippen LogP contribution is -2.19. The number of likely N-dealkylation sites (N-methyl/N-ethyl adjacent to an activating group) is 1. The fraction of sp³-hybridized carbons (Fsp3) is 0.200. The van der Waals surface area contributed by atoms with Crippen LogP contribution in [0.25, 0.3) is 0 Å². The summed E-state index contributed by atoms with van der Waals surface area (Å²) in [6, 6.07) is 13.7. The normalized spacial score (nSPS) is 12.4. The first-order chi connectivity index (χ1) is 9.11. The topological polar surface area (TPSA) is 12.0 Å². The van der Waals surface area contributed by atoms with E-state index in [1.165, 1.54) is 0 Å². The van der Waals surface area contributed by atoms with Crippen molar-refractivity contribution in [3.63, 3.8) is 0 Å². The number of nitrogens with one attached hydrogen (secondary N) is 1. The molecule has 0 saturated heterocycles. The second-order valence-electron chi connectivity index (χ2n) is 4.32. The minimum absolute atomic E-state index is 0.144. The zero-order chi connectivity index (χ0) is 13.8. The van der Waals surface area contributed by atoms with Gasteiger partial charge in [-0.3, -0.25) is 0 Å². The van der Waals surface area contributed by atoms with Gasteiger partial charge in [0.1, 0.15) is 0 Å². The molecule has 1 unspecified atom stereocenters. The maximum absolute atomic E-state index is 6.23. The summed E-state index contributed by atoms with van der Waals surface area (Å²) >= 11 is 18.2. The zero-order valence-corrected chi connectivity index (χ0v) is 12.7. The summed E-state index contributed by atoms with van der Waals surface area (Å²) in [5.41, 5.74) is 2.20. The van der Waals surface area contributed by atoms with Crippen molar-refractivity contribution in [2.24, 2.45) is 0 Å². The van der Waals surface area contributed by atoms with E-state index in [4.69, 9.17) is 34.8 Å². The minimum atomic E-state index is 0.144. The van der Waals surface area contributed by atoms with Crippen LogP contribution in [0.3, 0.4) is 0 Å². The van der Waals surface area contributed by atoms with E-state index in [9.17, 15) is 0 Å². The molecule has 2 rings (SSSR count). The van der Waals surface area contributed by atoms with Crippen LogP contribution in [-0.2, 0) is 6.42 Å². The number of halogens is 3. The number of hydrogen-bond donors (Lipinski definition) is 1. The highest BCUT2D eigenvalue weighted by Gasteiger charge is 2.13. The maximum atomic E-state index is 6.23. The van der Waals surface area contributed by atoms with Crippen LogP contribution in [-0.4, -0.2) is 7.05 Å². The molecule has 0 aliphatic heterocycles. The summed E-state index contributed by atoms with van der Waals surface area (Å²) in [6.07, 6.45) is 0.803. The summed E-state index contributed by atoms with van der Waals surface area (Å²) in [4.78, 5) is 0. The molecular weight excluding hydrogens is 301 g/mol. The highest BCUT2D eigenvalue weighted by molar-refractivity contribution is 6.42. The molecule has 0 aliphatic carbocycles. The third-order valence-electron chi connectivity index (χ3n) is 3.05. The molecule has 19 heavy (non-hydrogen) atoms. The molecule has 0 aromatic heterocycles. The number of hydrogen-bond acceptors (Lipinski definition) is 1. The Bertz CT molecular complexity index is 569. The van der Waals surface area contributed by atoms with Crippen molar-refractivity contribution in [1.82, 2.24) is 5.32 Å². The Labute approximate surface area is 128 Å². The molecule has 0 amide bonds. The number of benzene rings is 2. The van der Waals surface area contributed by atoms with E-state index in [2.05, 4.69) is 5.32 Å². The van der Waals surface area contributed by atoms with Gasteiger partial charge in [-0.05, 0) is 42.8 Å². The fourth-order valence-corrected chi connectivity index (χ4v) is 2.62. The minimum Gasteiger partial charge on any atom is -0.313 e. The molecule has 100 valence electrons. The highest BCUT2D eigenvalue weighted by atomic mass is 35.5. The molecule has 2 aromatic carbocycles. The average Bonchev–Trinajstić information content (AvgIpc) is 2.41. The largest absolute Gasteiger partial charge is 0.313 e. The Balaban J connectivity index is 2.24. The van der Waals surface area contributed by atoms with Gasteiger partial charge in [0.25, 0.3) is 0 Å². The molecule has 4 heteroatoms. The summed E-state index contributed by atoms with van der Waals surface area (Å²) in [7, 11) is 1.92. The van der Waals surface area contributed by atoms with Crippen LogP contribution in [0.2, 0.25) is 15.1 Å². The van der Waals surface area contributed by atoms with E-state index in [0.29, 0.717) is 10.0 Å². The van der Waals surface area contributed by atoms with Crippen LogP contribution in [0.5, 0.6) is 0 Å². The quantitative estimate of drug-likeness (QED) is 0.823. The SMILES string of the molecule is CNC(Cc1ccc(Cl)c(Cl)c1)c1ccccc1Cl. The van der Waals surface area contributed by atoms with Gasteiger partial charge in [0.2, 0.25) is 0 Å². The molecule has 0 saturated carbocycles. The van der Waals surface area contributed by atoms with E-state index >= 15 is 0 Å². The van der Waals surface area contributed by atoms with Crippen molar-refractivity contribution in [3.05, 3.63) is 68.7 Å². The van der Waals surface area contributed by atoms with Crippen molar-refractivity contribution >= 4 is 34.8 Å². The second kappa shape index (κ2) is 6.62. The van der Waals surface area contributed by atoms with Crippen molar-refractivity contribution in [2.45, 2.75) is 12.5 Å². The molecule has 1 nitrogen and oxygen atoms in total. The first-order valence-electron chi connectivity index (χ1n) is 5.97. The second-order valence-corrected chi connectivity index (χ2v) is 5.54. The van der Waals surface area contributed by atoms with Crippen LogP contribution < -0.4 is 5.32 Å². The van der Waals surface area contributed by atoms with Gasteiger partial charge in [-0.2, -0.15) is 0 Å². The smallest absolute Gasteiger partial charge is 0.0595 e. The predicted octanol–water partition coefficient (Wildman–Crippen LogP) is 5.15. The monoisotopic (exact) mass is 313 g/mol. The summed E-state index contributed by atoms with van der Waals surface area (Å²) in [5, 5.41) is 5.20. The van der Waals surface area contributed by atoms with E-state index in [-0.39, 0.29) is 6.04 Å². The lowest BCUT2D eigenvalue weighted by Gasteiger charge is -2.18. The zero-order valence-electron chi connectivity index (χ0n) is 10.5. The molecular formula is C15H14Cl3N. The maximum Gasteiger partial charge on any atom is 0.0595 e. The third-order valence-corrected chi connectivity index (χ3v) is 4.14. The van der Waals surface area contributed by atoms with Crippen LogP contribution in [0, 0.1) is 0 Å². The van der Waals surface area contributed by atoms with Crippen LogP contribution in [0.1, 0.15) is 17.2 Å². The van der Waals surface area contributed by atoms with Gasteiger partial charge in [0.05, 0.1) is 10.0 Å². The van der Waals surface area contributed by atoms with Gasteiger partial charge in [0, 0.05) is 11.1 Å². The Morgan fingerprint density at radius 3 is 2.32 bits per heavy atom. The Kier molecular flexibility index (Phi) is 5.12. The molecule has 1 N–H and O–H groups in total. The van der Waals surface area contributed by atoms with Gasteiger partial charge < -0.3 is 5.32 Å². The van der Waals surface area contributed by atoms with E-state index in [0.717, 1.165) is 22.6 Å². The Morgan fingerprint density at radius 1 is 0.947 bits per heavy atom. The van der Waals surface area contributed by atoms with Gasteiger partial charge in [-0.25, -0.2) is 0 Å². The highest BCUT2D eigenvalue weighted by Crippen LogP contribution is 2.28. The first kappa shape index (κ1) is 14.7. The lowest BCUT2D eigenvalue weighted by molar-refractivity contribution is 0.592. The fourth-order valence-electron chi connectivity index (χ4n) is 2.03. The molecule has 0 bridgehead atoms. The van der Waals surface area contributed by atoms with Crippen molar-refractivity contribution < 1.29 is 0 Å². The van der Waals surface area contributed by atoms with Crippen molar-refractivity contribution in [3.8, 4) is 0 Å². The first-order valence-corrected chi connectivity index (χ1v) is 7.11. The molecule has 0 heterocycles. The summed E-state index contributed by atoms with van der Waals surface area (Å²) in [5.74, 6) is 0. The third kappa shape index (κ3) is 3.64. The molecule has 2 aromatic rings. The molecule has 0 radical (unpaired) electrons. The lowest BCUT2D eigenvalue weighted by atomic mass is 9.99. The van der Waals surface area contributed by atoms with Crippen molar-refractivity contribution in [2.75, 3.05) is 7.05 Å². The molecule has 1 atom stereocenters. The molecule has 0 aliphatic rings. The average molecular weight is 315 g/mol. The summed E-state index contributed by atoms with van der Waals surface area (Å²) < 4.78 is 0. The van der Waals surface area contributed by atoms with Gasteiger partial charge in [-0.15, -0.1) is 0 Å². The Hall–Kier alpha value is -0.730. The van der Waals surface area contributed by atoms with E-state index < -0.39 is 0 Å². The standard InChI is InChI=1S/C15H14Cl3N/c1-19-15(11-4-2-3-5-12(11)16)9-10-6-7-13(17)14(18)8-10/h2-8,15,19H,9H2,1H3. The van der Waals surface area contributed by atoms with Gasteiger partial charge in [-0.1, -0.05) is 59.1 Å². The van der Waals surface area contributed by atoms with Gasteiger partial charge >= 0.3 is 0 Å². The van der Waals surface area contributed by atoms with Gasteiger partial charge in [0.15, 0.2) is 0 Å². The van der Waals surface area contributed by atoms with Crippen LogP contribution in [0.4, 0.5) is 0 Å². The predicted molar refractivity (Wildman–Crippen MR) is 83.4 cm³/mol.